The Hall–Kier alpha value is -2.62. The van der Waals surface area contributed by atoms with E-state index >= 15 is 0 Å². The summed E-state index contributed by atoms with van der Waals surface area (Å²) >= 11 is 0. The topological polar surface area (TPSA) is 67.4 Å². The number of hydrogen-bond acceptors (Lipinski definition) is 3. The van der Waals surface area contributed by atoms with Gasteiger partial charge in [0, 0.05) is 5.56 Å². The van der Waals surface area contributed by atoms with Crippen LogP contribution in [0.2, 0.25) is 0 Å². The molecule has 1 aliphatic heterocycles. The molecular weight excluding hydrogens is 258 g/mol. The molecule has 0 aliphatic carbocycles. The first-order valence-electron chi connectivity index (χ1n) is 5.17. The second kappa shape index (κ2) is 4.94. The van der Waals surface area contributed by atoms with E-state index < -0.39 is 29.6 Å². The average molecular weight is 266 g/mol. The number of halogens is 2. The number of urea groups is 1. The van der Waals surface area contributed by atoms with Crippen LogP contribution >= 0.6 is 0 Å². The van der Waals surface area contributed by atoms with Gasteiger partial charge in [0.25, 0.3) is 5.91 Å². The predicted octanol–water partition coefficient (Wildman–Crippen LogP) is 0.533. The maximum Gasteiger partial charge on any atom is 0.322 e. The molecule has 1 aromatic carbocycles. The van der Waals surface area contributed by atoms with Gasteiger partial charge in [-0.1, -0.05) is 11.8 Å². The minimum atomic E-state index is -1.11. The summed E-state index contributed by atoms with van der Waals surface area (Å²) in [7, 11) is 1.19. The molecule has 1 fully saturated rings. The third kappa shape index (κ3) is 2.63. The molecule has 19 heavy (non-hydrogen) atoms. The summed E-state index contributed by atoms with van der Waals surface area (Å²) in [5.41, 5.74) is 0.129. The van der Waals surface area contributed by atoms with Crippen LogP contribution in [0.1, 0.15) is 5.56 Å². The zero-order valence-electron chi connectivity index (χ0n) is 9.71. The minimum absolute atomic E-state index is 0.129. The second-order valence-electron chi connectivity index (χ2n) is 3.64. The maximum atomic E-state index is 13.2. The zero-order valence-corrected chi connectivity index (χ0v) is 9.71. The van der Waals surface area contributed by atoms with Crippen molar-refractivity contribution in [1.29, 1.82) is 0 Å². The van der Waals surface area contributed by atoms with Crippen LogP contribution in [0.3, 0.4) is 0 Å². The number of hydrogen-bond donors (Lipinski definition) is 2. The molecule has 5 nitrogen and oxygen atoms in total. The number of methoxy groups -OCH3 is 1. The second-order valence-corrected chi connectivity index (χ2v) is 3.64. The number of ether oxygens (including phenoxy) is 1. The highest BCUT2D eigenvalue weighted by Crippen LogP contribution is 2.21. The monoisotopic (exact) mass is 266 g/mol. The Labute approximate surface area is 106 Å². The number of carbonyl (C=O) groups is 2. The molecule has 0 spiro atoms. The third-order valence-electron chi connectivity index (χ3n) is 2.35. The summed E-state index contributed by atoms with van der Waals surface area (Å²) in [5, 5.41) is 4.25. The van der Waals surface area contributed by atoms with E-state index in [1.807, 2.05) is 5.32 Å². The molecule has 1 heterocycles. The molecule has 2 rings (SSSR count). The summed E-state index contributed by atoms with van der Waals surface area (Å²) < 4.78 is 31.0. The summed E-state index contributed by atoms with van der Waals surface area (Å²) in [6, 6.07) is 0.415. The fraction of sp³-hybridized carbons (Fsp3) is 0.167. The number of amides is 3. The SMILES string of the molecule is COc1cc(C#CC2NC(=O)NC2=O)cc(F)c1F. The van der Waals surface area contributed by atoms with Gasteiger partial charge in [0.1, 0.15) is 0 Å². The number of carbonyl (C=O) groups excluding carboxylic acids is 2. The predicted molar refractivity (Wildman–Crippen MR) is 60.3 cm³/mol. The van der Waals surface area contributed by atoms with Crippen molar-refractivity contribution in [3.63, 3.8) is 0 Å². The lowest BCUT2D eigenvalue weighted by Gasteiger charge is -2.03. The molecule has 0 bridgehead atoms. The van der Waals surface area contributed by atoms with Crippen LogP contribution in [0.25, 0.3) is 0 Å². The van der Waals surface area contributed by atoms with Gasteiger partial charge in [0.15, 0.2) is 17.6 Å². The minimum Gasteiger partial charge on any atom is -0.494 e. The average Bonchev–Trinajstić information content (AvgIpc) is 2.69. The summed E-state index contributed by atoms with van der Waals surface area (Å²) in [6.07, 6.45) is 0. The molecule has 1 saturated heterocycles. The van der Waals surface area contributed by atoms with Gasteiger partial charge in [-0.15, -0.1) is 0 Å². The molecule has 0 radical (unpaired) electrons. The first-order chi connectivity index (χ1) is 9.01. The Kier molecular flexibility index (Phi) is 3.33. The highest BCUT2D eigenvalue weighted by molar-refractivity contribution is 6.05. The quantitative estimate of drug-likeness (QED) is 0.575. The largest absolute Gasteiger partial charge is 0.494 e. The number of rotatable bonds is 1. The molecule has 0 aromatic heterocycles. The first kappa shape index (κ1) is 12.8. The molecule has 0 saturated carbocycles. The molecule has 2 N–H and O–H groups in total. The Bertz CT molecular complexity index is 619. The van der Waals surface area contributed by atoms with Crippen molar-refractivity contribution in [1.82, 2.24) is 10.6 Å². The standard InChI is InChI=1S/C12H8F2N2O3/c1-19-9-5-6(4-7(13)10(9)14)2-3-8-11(17)16-12(18)15-8/h4-5,8H,1H3,(H2,15,16,17,18). The van der Waals surface area contributed by atoms with Gasteiger partial charge in [0.05, 0.1) is 7.11 Å². The molecular formula is C12H8F2N2O3. The molecule has 1 atom stereocenters. The van der Waals surface area contributed by atoms with Gasteiger partial charge in [-0.05, 0) is 12.1 Å². The van der Waals surface area contributed by atoms with E-state index in [0.717, 1.165) is 6.07 Å². The zero-order chi connectivity index (χ0) is 14.0. The van der Waals surface area contributed by atoms with Gasteiger partial charge in [-0.2, -0.15) is 4.39 Å². The summed E-state index contributed by atoms with van der Waals surface area (Å²) in [6.45, 7) is 0. The number of imide groups is 1. The highest BCUT2D eigenvalue weighted by atomic mass is 19.2. The van der Waals surface area contributed by atoms with Crippen molar-refractivity contribution in [3.05, 3.63) is 29.3 Å². The van der Waals surface area contributed by atoms with Crippen molar-refractivity contribution in [3.8, 4) is 17.6 Å². The highest BCUT2D eigenvalue weighted by Gasteiger charge is 2.27. The van der Waals surface area contributed by atoms with Gasteiger partial charge in [0.2, 0.25) is 5.82 Å². The lowest BCUT2D eigenvalue weighted by atomic mass is 10.2. The fourth-order valence-corrected chi connectivity index (χ4v) is 1.46. The van der Waals surface area contributed by atoms with Crippen molar-refractivity contribution in [2.24, 2.45) is 0 Å². The van der Waals surface area contributed by atoms with Crippen LogP contribution in [-0.2, 0) is 4.79 Å². The van der Waals surface area contributed by atoms with E-state index in [0.29, 0.717) is 0 Å². The fourth-order valence-electron chi connectivity index (χ4n) is 1.46. The van der Waals surface area contributed by atoms with Crippen molar-refractivity contribution >= 4 is 11.9 Å². The summed E-state index contributed by atoms with van der Waals surface area (Å²) in [5.74, 6) is 1.81. The Morgan fingerprint density at radius 2 is 2.05 bits per heavy atom. The van der Waals surface area contributed by atoms with Gasteiger partial charge >= 0.3 is 6.03 Å². The van der Waals surface area contributed by atoms with E-state index in [-0.39, 0.29) is 11.3 Å². The summed E-state index contributed by atoms with van der Waals surface area (Å²) in [4.78, 5) is 22.0. The van der Waals surface area contributed by atoms with E-state index in [2.05, 4.69) is 21.9 Å². The van der Waals surface area contributed by atoms with Crippen LogP contribution in [0, 0.1) is 23.5 Å². The van der Waals surface area contributed by atoms with Crippen LogP contribution in [0.5, 0.6) is 5.75 Å². The molecule has 3 amide bonds. The lowest BCUT2D eigenvalue weighted by molar-refractivity contribution is -0.119. The Balaban J connectivity index is 2.27. The molecule has 1 aliphatic rings. The smallest absolute Gasteiger partial charge is 0.322 e. The number of nitrogens with one attached hydrogen (secondary N) is 2. The van der Waals surface area contributed by atoms with Gasteiger partial charge in [-0.3, -0.25) is 10.1 Å². The Morgan fingerprint density at radius 3 is 2.63 bits per heavy atom. The van der Waals surface area contributed by atoms with Crippen molar-refractivity contribution < 1.29 is 23.1 Å². The van der Waals surface area contributed by atoms with Crippen LogP contribution in [-0.4, -0.2) is 25.1 Å². The number of benzene rings is 1. The molecule has 1 unspecified atom stereocenters. The molecule has 98 valence electrons. The van der Waals surface area contributed by atoms with Gasteiger partial charge < -0.3 is 10.1 Å². The van der Waals surface area contributed by atoms with Crippen LogP contribution in [0.15, 0.2) is 12.1 Å². The third-order valence-corrected chi connectivity index (χ3v) is 2.35. The normalized spacial score (nSPS) is 17.3. The van der Waals surface area contributed by atoms with Crippen molar-refractivity contribution in [2.45, 2.75) is 6.04 Å². The van der Waals surface area contributed by atoms with E-state index in [9.17, 15) is 18.4 Å². The maximum absolute atomic E-state index is 13.2. The van der Waals surface area contributed by atoms with E-state index in [1.54, 1.807) is 0 Å². The van der Waals surface area contributed by atoms with Crippen LogP contribution < -0.4 is 15.4 Å². The van der Waals surface area contributed by atoms with E-state index in [4.69, 9.17) is 0 Å². The molecule has 7 heteroatoms. The lowest BCUT2D eigenvalue weighted by Crippen LogP contribution is -2.26. The van der Waals surface area contributed by atoms with Crippen LogP contribution in [0.4, 0.5) is 13.6 Å². The van der Waals surface area contributed by atoms with E-state index in [1.165, 1.54) is 13.2 Å². The molecule has 1 aromatic rings. The van der Waals surface area contributed by atoms with Crippen molar-refractivity contribution in [2.75, 3.05) is 7.11 Å². The Morgan fingerprint density at radius 1 is 1.32 bits per heavy atom. The first-order valence-corrected chi connectivity index (χ1v) is 5.17. The van der Waals surface area contributed by atoms with Gasteiger partial charge in [-0.25, -0.2) is 9.18 Å².